The van der Waals surface area contributed by atoms with Crippen LogP contribution in [-0.4, -0.2) is 45.2 Å². The quantitative estimate of drug-likeness (QED) is 0.761. The molecule has 0 saturated heterocycles. The molecule has 1 aromatic rings. The van der Waals surface area contributed by atoms with Gasteiger partial charge in [-0.05, 0) is 26.0 Å². The summed E-state index contributed by atoms with van der Waals surface area (Å²) in [5, 5.41) is 19.4. The van der Waals surface area contributed by atoms with Crippen LogP contribution in [-0.2, 0) is 0 Å². The largest absolute Gasteiger partial charge is 0.388 e. The summed E-state index contributed by atoms with van der Waals surface area (Å²) in [5.41, 5.74) is -0.689. The van der Waals surface area contributed by atoms with E-state index in [1.165, 1.54) is 13.8 Å². The van der Waals surface area contributed by atoms with Gasteiger partial charge in [0.1, 0.15) is 6.10 Å². The highest BCUT2D eigenvalue weighted by atomic mass is 16.3. The molecule has 0 fully saturated rings. The van der Waals surface area contributed by atoms with Crippen molar-refractivity contribution in [2.75, 3.05) is 6.54 Å². The van der Waals surface area contributed by atoms with Crippen molar-refractivity contribution in [3.8, 4) is 0 Å². The zero-order valence-electron chi connectivity index (χ0n) is 10.3. The first-order valence-corrected chi connectivity index (χ1v) is 5.68. The van der Waals surface area contributed by atoms with Crippen molar-refractivity contribution in [2.24, 2.45) is 0 Å². The van der Waals surface area contributed by atoms with Gasteiger partial charge in [0.15, 0.2) is 0 Å². The lowest BCUT2D eigenvalue weighted by molar-refractivity contribution is -0.0551. The number of benzene rings is 1. The predicted molar refractivity (Wildman–Crippen MR) is 64.1 cm³/mol. The van der Waals surface area contributed by atoms with Crippen LogP contribution in [0.25, 0.3) is 0 Å². The van der Waals surface area contributed by atoms with Gasteiger partial charge in [-0.2, -0.15) is 0 Å². The third kappa shape index (κ3) is 2.02. The van der Waals surface area contributed by atoms with Crippen molar-refractivity contribution in [3.05, 3.63) is 35.4 Å². The highest BCUT2D eigenvalue weighted by Gasteiger charge is 2.38. The molecule has 1 atom stereocenters. The number of aliphatic hydroxyl groups excluding tert-OH is 1. The Labute approximate surface area is 105 Å². The minimum absolute atomic E-state index is 0.212. The SMILES string of the molecule is CC(C)(O)C(O)CN1C(=O)c2ccccc2C1=O. The maximum atomic E-state index is 12.0. The second kappa shape index (κ2) is 4.19. The van der Waals surface area contributed by atoms with E-state index >= 15 is 0 Å². The van der Waals surface area contributed by atoms with Gasteiger partial charge in [0.2, 0.25) is 0 Å². The first-order chi connectivity index (χ1) is 8.32. The fourth-order valence-electron chi connectivity index (χ4n) is 1.80. The van der Waals surface area contributed by atoms with Crippen molar-refractivity contribution in [2.45, 2.75) is 25.6 Å². The average Bonchev–Trinajstić information content (AvgIpc) is 2.54. The van der Waals surface area contributed by atoms with Crippen molar-refractivity contribution in [1.82, 2.24) is 4.90 Å². The minimum Gasteiger partial charge on any atom is -0.388 e. The summed E-state index contributed by atoms with van der Waals surface area (Å²) >= 11 is 0. The van der Waals surface area contributed by atoms with Gasteiger partial charge in [-0.15, -0.1) is 0 Å². The Bertz CT molecular complexity index is 469. The summed E-state index contributed by atoms with van der Waals surface area (Å²) in [5.74, 6) is -0.863. The minimum atomic E-state index is -1.37. The van der Waals surface area contributed by atoms with Gasteiger partial charge in [-0.3, -0.25) is 14.5 Å². The molecule has 2 N–H and O–H groups in total. The third-order valence-corrected chi connectivity index (χ3v) is 3.05. The van der Waals surface area contributed by atoms with Gasteiger partial charge in [0, 0.05) is 0 Å². The number of rotatable bonds is 3. The Morgan fingerprint density at radius 1 is 1.17 bits per heavy atom. The van der Waals surface area contributed by atoms with Crippen LogP contribution in [0.3, 0.4) is 0 Å². The first-order valence-electron chi connectivity index (χ1n) is 5.68. The number of carbonyl (C=O) groups excluding carboxylic acids is 2. The molecule has 5 heteroatoms. The Kier molecular flexibility index (Phi) is 2.96. The molecule has 1 aliphatic rings. The van der Waals surface area contributed by atoms with Crippen LogP contribution in [0, 0.1) is 0 Å². The monoisotopic (exact) mass is 249 g/mol. The molecule has 0 aliphatic carbocycles. The van der Waals surface area contributed by atoms with Gasteiger partial charge >= 0.3 is 0 Å². The van der Waals surface area contributed by atoms with E-state index in [4.69, 9.17) is 0 Å². The molecule has 0 bridgehead atoms. The molecule has 1 heterocycles. The molecule has 0 saturated carbocycles. The standard InChI is InChI=1S/C13H15NO4/c1-13(2,18)10(15)7-14-11(16)8-5-3-4-6-9(8)12(14)17/h3-6,10,15,18H,7H2,1-2H3. The van der Waals surface area contributed by atoms with Crippen molar-refractivity contribution >= 4 is 11.8 Å². The molecular formula is C13H15NO4. The molecule has 0 aromatic heterocycles. The molecule has 0 radical (unpaired) electrons. The summed E-state index contributed by atoms with van der Waals surface area (Å²) in [6.07, 6.45) is -1.18. The smallest absolute Gasteiger partial charge is 0.261 e. The second-order valence-corrected chi connectivity index (χ2v) is 4.94. The van der Waals surface area contributed by atoms with Gasteiger partial charge in [0.05, 0.1) is 23.3 Å². The molecule has 2 rings (SSSR count). The second-order valence-electron chi connectivity index (χ2n) is 4.94. The number of hydrogen-bond acceptors (Lipinski definition) is 4. The van der Waals surface area contributed by atoms with Crippen LogP contribution in [0.2, 0.25) is 0 Å². The number of fused-ring (bicyclic) bond motifs is 1. The van der Waals surface area contributed by atoms with Crippen molar-refractivity contribution in [3.63, 3.8) is 0 Å². The number of hydrogen-bond donors (Lipinski definition) is 2. The van der Waals surface area contributed by atoms with Crippen LogP contribution in [0.1, 0.15) is 34.6 Å². The molecular weight excluding hydrogens is 234 g/mol. The maximum Gasteiger partial charge on any atom is 0.261 e. The number of β-amino-alcohol motifs (C(OH)–C–C–N with tert-alkyl or cyclic N) is 1. The summed E-state index contributed by atoms with van der Waals surface area (Å²) in [4.78, 5) is 24.9. The first kappa shape index (κ1) is 12.7. The lowest BCUT2D eigenvalue weighted by Crippen LogP contribution is -2.46. The maximum absolute atomic E-state index is 12.0. The van der Waals surface area contributed by atoms with E-state index in [-0.39, 0.29) is 6.54 Å². The van der Waals surface area contributed by atoms with Crippen LogP contribution >= 0.6 is 0 Å². The molecule has 5 nitrogen and oxygen atoms in total. The zero-order chi connectivity index (χ0) is 13.5. The van der Waals surface area contributed by atoms with Gasteiger partial charge in [-0.1, -0.05) is 12.1 Å². The van der Waals surface area contributed by atoms with Crippen LogP contribution in [0.15, 0.2) is 24.3 Å². The highest BCUT2D eigenvalue weighted by Crippen LogP contribution is 2.23. The number of carbonyl (C=O) groups is 2. The van der Waals surface area contributed by atoms with Crippen LogP contribution < -0.4 is 0 Å². The van der Waals surface area contributed by atoms with Gasteiger partial charge < -0.3 is 10.2 Å². The van der Waals surface area contributed by atoms with E-state index in [9.17, 15) is 19.8 Å². The van der Waals surface area contributed by atoms with Crippen LogP contribution in [0.4, 0.5) is 0 Å². The molecule has 1 unspecified atom stereocenters. The third-order valence-electron chi connectivity index (χ3n) is 3.05. The molecule has 18 heavy (non-hydrogen) atoms. The molecule has 0 spiro atoms. The van der Waals surface area contributed by atoms with E-state index in [0.717, 1.165) is 4.90 Å². The fourth-order valence-corrected chi connectivity index (χ4v) is 1.80. The van der Waals surface area contributed by atoms with Crippen molar-refractivity contribution < 1.29 is 19.8 Å². The van der Waals surface area contributed by atoms with E-state index < -0.39 is 23.5 Å². The Morgan fingerprint density at radius 2 is 1.61 bits per heavy atom. The summed E-state index contributed by atoms with van der Waals surface area (Å²) in [6, 6.07) is 6.51. The van der Waals surface area contributed by atoms with Gasteiger partial charge in [-0.25, -0.2) is 0 Å². The Balaban J connectivity index is 2.24. The number of nitrogens with zero attached hydrogens (tertiary/aromatic N) is 1. The Hall–Kier alpha value is -1.72. The van der Waals surface area contributed by atoms with E-state index in [0.29, 0.717) is 11.1 Å². The predicted octanol–water partition coefficient (Wildman–Crippen LogP) is 0.414. The van der Waals surface area contributed by atoms with Gasteiger partial charge in [0.25, 0.3) is 11.8 Å². The van der Waals surface area contributed by atoms with E-state index in [2.05, 4.69) is 0 Å². The molecule has 1 aromatic carbocycles. The van der Waals surface area contributed by atoms with Crippen LogP contribution in [0.5, 0.6) is 0 Å². The summed E-state index contributed by atoms with van der Waals surface area (Å²) in [6.45, 7) is 2.64. The van der Waals surface area contributed by atoms with E-state index in [1.54, 1.807) is 24.3 Å². The zero-order valence-corrected chi connectivity index (χ0v) is 10.3. The topological polar surface area (TPSA) is 77.8 Å². The normalized spacial score (nSPS) is 17.0. The number of amides is 2. The molecule has 2 amide bonds. The number of aliphatic hydroxyl groups is 2. The average molecular weight is 249 g/mol. The number of imide groups is 1. The summed E-state index contributed by atoms with van der Waals surface area (Å²) in [7, 11) is 0. The lowest BCUT2D eigenvalue weighted by Gasteiger charge is -2.27. The molecule has 1 aliphatic heterocycles. The lowest BCUT2D eigenvalue weighted by atomic mass is 10.0. The summed E-state index contributed by atoms with van der Waals surface area (Å²) < 4.78 is 0. The Morgan fingerprint density at radius 3 is 2.00 bits per heavy atom. The fraction of sp³-hybridized carbons (Fsp3) is 0.385. The van der Waals surface area contributed by atoms with Crippen molar-refractivity contribution in [1.29, 1.82) is 0 Å². The molecule has 96 valence electrons. The highest BCUT2D eigenvalue weighted by molar-refractivity contribution is 6.21. The van der Waals surface area contributed by atoms with E-state index in [1.807, 2.05) is 0 Å².